The molecule has 0 atom stereocenters. The van der Waals surface area contributed by atoms with Crippen LogP contribution in [0.15, 0.2) is 42.5 Å². The Labute approximate surface area is 166 Å². The van der Waals surface area contributed by atoms with Gasteiger partial charge in [-0.1, -0.05) is 11.6 Å². The molecule has 0 saturated heterocycles. The predicted octanol–water partition coefficient (Wildman–Crippen LogP) is 4.31. The number of nitrogens with zero attached hydrogens (tertiary/aromatic N) is 4. The third-order valence-corrected chi connectivity index (χ3v) is 3.96. The highest BCUT2D eigenvalue weighted by atomic mass is 35.5. The van der Waals surface area contributed by atoms with Crippen molar-refractivity contribution in [2.24, 2.45) is 0 Å². The largest absolute Gasteiger partial charge is 0.450 e. The van der Waals surface area contributed by atoms with E-state index in [1.165, 1.54) is 47.4 Å². The van der Waals surface area contributed by atoms with Gasteiger partial charge in [0.05, 0.1) is 29.9 Å². The summed E-state index contributed by atoms with van der Waals surface area (Å²) in [7, 11) is 0. The Morgan fingerprint density at radius 1 is 1.11 bits per heavy atom. The number of nitro groups is 1. The summed E-state index contributed by atoms with van der Waals surface area (Å²) in [6, 6.07) is 14.1. The van der Waals surface area contributed by atoms with E-state index in [0.717, 1.165) is 0 Å². The number of benzene rings is 2. The van der Waals surface area contributed by atoms with Crippen LogP contribution in [0.4, 0.5) is 5.69 Å². The summed E-state index contributed by atoms with van der Waals surface area (Å²) in [4.78, 5) is 24.5. The summed E-state index contributed by atoms with van der Waals surface area (Å²) >= 11 is 5.78. The molecule has 0 aliphatic carbocycles. The lowest BCUT2D eigenvalue weighted by molar-refractivity contribution is -0.385. The predicted molar refractivity (Wildman–Crippen MR) is 101 cm³/mol. The molecule has 0 fully saturated rings. The van der Waals surface area contributed by atoms with Crippen LogP contribution < -0.4 is 4.74 Å². The minimum atomic E-state index is -0.596. The molecule has 0 aliphatic rings. The average molecular weight is 399 g/mol. The number of rotatable bonds is 8. The van der Waals surface area contributed by atoms with Gasteiger partial charge in [-0.3, -0.25) is 14.9 Å². The maximum absolute atomic E-state index is 12.6. The lowest BCUT2D eigenvalue weighted by atomic mass is 10.1. The normalized spacial score (nSPS) is 9.82. The molecule has 1 amide bonds. The van der Waals surface area contributed by atoms with Gasteiger partial charge in [0.2, 0.25) is 5.75 Å². The van der Waals surface area contributed by atoms with Crippen molar-refractivity contribution in [2.75, 3.05) is 13.1 Å². The third kappa shape index (κ3) is 5.44. The second-order valence-electron chi connectivity index (χ2n) is 5.60. The van der Waals surface area contributed by atoms with Crippen LogP contribution in [0.25, 0.3) is 0 Å². The van der Waals surface area contributed by atoms with E-state index in [9.17, 15) is 14.9 Å². The molecule has 142 valence electrons. The van der Waals surface area contributed by atoms with Crippen LogP contribution >= 0.6 is 11.6 Å². The highest BCUT2D eigenvalue weighted by Crippen LogP contribution is 2.33. The second-order valence-corrected chi connectivity index (χ2v) is 6.04. The first kappa shape index (κ1) is 20.7. The monoisotopic (exact) mass is 398 g/mol. The average Bonchev–Trinajstić information content (AvgIpc) is 2.69. The van der Waals surface area contributed by atoms with Gasteiger partial charge < -0.3 is 9.64 Å². The number of ether oxygens (including phenoxy) is 1. The molecule has 0 heterocycles. The Hall–Kier alpha value is -3.62. The Morgan fingerprint density at radius 2 is 1.71 bits per heavy atom. The van der Waals surface area contributed by atoms with Crippen LogP contribution in [0.5, 0.6) is 11.5 Å². The molecule has 0 unspecified atom stereocenters. The Balaban J connectivity index is 2.17. The summed E-state index contributed by atoms with van der Waals surface area (Å²) < 4.78 is 5.54. The molecular weight excluding hydrogens is 384 g/mol. The summed E-state index contributed by atoms with van der Waals surface area (Å²) in [5.41, 5.74) is 0.0840. The number of carbonyl (C=O) groups is 1. The quantitative estimate of drug-likeness (QED) is 0.482. The number of nitriles is 2. The summed E-state index contributed by atoms with van der Waals surface area (Å²) in [6.45, 7) is 0.457. The number of amides is 1. The maximum Gasteiger partial charge on any atom is 0.313 e. The van der Waals surface area contributed by atoms with Crippen molar-refractivity contribution in [3.8, 4) is 23.6 Å². The van der Waals surface area contributed by atoms with Gasteiger partial charge in [0.25, 0.3) is 5.91 Å². The van der Waals surface area contributed by atoms with E-state index in [1.807, 2.05) is 12.1 Å². The molecule has 2 rings (SSSR count). The van der Waals surface area contributed by atoms with Crippen LogP contribution in [-0.2, 0) is 0 Å². The van der Waals surface area contributed by atoms with E-state index in [0.29, 0.717) is 11.3 Å². The van der Waals surface area contributed by atoms with Crippen molar-refractivity contribution in [2.45, 2.75) is 12.8 Å². The van der Waals surface area contributed by atoms with E-state index in [2.05, 4.69) is 0 Å². The van der Waals surface area contributed by atoms with E-state index in [4.69, 9.17) is 26.9 Å². The number of hydrogen-bond acceptors (Lipinski definition) is 6. The topological polar surface area (TPSA) is 120 Å². The minimum Gasteiger partial charge on any atom is -0.450 e. The van der Waals surface area contributed by atoms with E-state index < -0.39 is 4.92 Å². The molecule has 0 spiro atoms. The molecule has 0 radical (unpaired) electrons. The maximum atomic E-state index is 12.6. The summed E-state index contributed by atoms with van der Waals surface area (Å²) in [5.74, 6) is 0.0234. The van der Waals surface area contributed by atoms with Gasteiger partial charge in [-0.15, -0.1) is 0 Å². The fourth-order valence-electron chi connectivity index (χ4n) is 2.38. The number of halogens is 1. The lowest BCUT2D eigenvalue weighted by Gasteiger charge is -2.20. The first-order valence-electron chi connectivity index (χ1n) is 8.21. The zero-order valence-corrected chi connectivity index (χ0v) is 15.4. The molecule has 28 heavy (non-hydrogen) atoms. The van der Waals surface area contributed by atoms with E-state index in [-0.39, 0.29) is 48.3 Å². The van der Waals surface area contributed by atoms with Crippen LogP contribution in [-0.4, -0.2) is 28.8 Å². The molecule has 0 saturated carbocycles. The van der Waals surface area contributed by atoms with Crippen molar-refractivity contribution < 1.29 is 14.5 Å². The summed E-state index contributed by atoms with van der Waals surface area (Å²) in [5, 5.41) is 28.8. The zero-order chi connectivity index (χ0) is 20.5. The number of carbonyl (C=O) groups excluding carboxylic acids is 1. The Bertz CT molecular complexity index is 930. The third-order valence-electron chi connectivity index (χ3n) is 3.72. The first-order chi connectivity index (χ1) is 13.5. The smallest absolute Gasteiger partial charge is 0.313 e. The van der Waals surface area contributed by atoms with Gasteiger partial charge >= 0.3 is 5.69 Å². The lowest BCUT2D eigenvalue weighted by Crippen LogP contribution is -2.32. The van der Waals surface area contributed by atoms with Crippen molar-refractivity contribution >= 4 is 23.2 Å². The molecule has 9 heteroatoms. The highest BCUT2D eigenvalue weighted by Gasteiger charge is 2.18. The van der Waals surface area contributed by atoms with Crippen molar-refractivity contribution in [1.82, 2.24) is 4.90 Å². The van der Waals surface area contributed by atoms with Gasteiger partial charge in [0, 0.05) is 29.7 Å². The molecule has 0 aromatic heterocycles. The fraction of sp³-hybridized carbons (Fsp3) is 0.211. The highest BCUT2D eigenvalue weighted by molar-refractivity contribution is 6.30. The fourth-order valence-corrected chi connectivity index (χ4v) is 2.55. The molecule has 0 aliphatic heterocycles. The van der Waals surface area contributed by atoms with Crippen molar-refractivity contribution in [1.29, 1.82) is 10.5 Å². The second kappa shape index (κ2) is 9.91. The first-order valence-corrected chi connectivity index (χ1v) is 8.59. The molecule has 8 nitrogen and oxygen atoms in total. The minimum absolute atomic E-state index is 0.0261. The summed E-state index contributed by atoms with van der Waals surface area (Å²) in [6.07, 6.45) is 0.331. The number of hydrogen-bond donors (Lipinski definition) is 0. The van der Waals surface area contributed by atoms with Gasteiger partial charge in [-0.25, -0.2) is 0 Å². The number of nitro benzene ring substituents is 1. The van der Waals surface area contributed by atoms with Gasteiger partial charge in [-0.05, 0) is 36.4 Å². The molecule has 0 bridgehead atoms. The molecular formula is C19H15ClN4O4. The molecule has 2 aromatic rings. The zero-order valence-electron chi connectivity index (χ0n) is 14.7. The van der Waals surface area contributed by atoms with Gasteiger partial charge in [0.15, 0.2) is 0 Å². The van der Waals surface area contributed by atoms with E-state index in [1.54, 1.807) is 0 Å². The van der Waals surface area contributed by atoms with Crippen molar-refractivity contribution in [3.05, 3.63) is 63.2 Å². The molecule has 0 N–H and O–H groups in total. The van der Waals surface area contributed by atoms with Crippen LogP contribution in [0.3, 0.4) is 0 Å². The van der Waals surface area contributed by atoms with E-state index >= 15 is 0 Å². The van der Waals surface area contributed by atoms with Gasteiger partial charge in [-0.2, -0.15) is 10.5 Å². The molecule has 2 aromatic carbocycles. The van der Waals surface area contributed by atoms with Crippen molar-refractivity contribution in [3.63, 3.8) is 0 Å². The Kier molecular flexibility index (Phi) is 7.32. The van der Waals surface area contributed by atoms with Gasteiger partial charge in [0.1, 0.15) is 5.75 Å². The SMILES string of the molecule is N#CCCN(CCC#N)C(=O)c1ccc(Oc2ccc(Cl)cc2[N+](=O)[O-])cc1. The Morgan fingerprint density at radius 3 is 2.25 bits per heavy atom. The van der Waals surface area contributed by atoms with Crippen LogP contribution in [0.2, 0.25) is 5.02 Å². The van der Waals surface area contributed by atoms with Crippen LogP contribution in [0.1, 0.15) is 23.2 Å². The van der Waals surface area contributed by atoms with Crippen LogP contribution in [0, 0.1) is 32.8 Å². The standard InChI is InChI=1S/C19H15ClN4O4/c20-15-5-8-18(17(13-15)24(26)27)28-16-6-3-14(4-7-16)19(25)23(11-1-9-21)12-2-10-22/h3-8,13H,1-2,11-12H2.